The Balaban J connectivity index is 2.14. The standard InChI is InChI=1S/C17H20N2O3S2/c1-3-19(4-2)24(21,22)16-9-5-7-14(13-16)18-17(20)11-10-15-8-6-12-23-15/h5-13H,3-4H2,1-2H3,(H,18,20)/b11-10+. The highest BCUT2D eigenvalue weighted by atomic mass is 32.2. The van der Waals surface area contributed by atoms with Crippen LogP contribution in [-0.2, 0) is 14.8 Å². The Morgan fingerprint density at radius 1 is 1.21 bits per heavy atom. The van der Waals surface area contributed by atoms with E-state index in [9.17, 15) is 13.2 Å². The molecular weight excluding hydrogens is 344 g/mol. The Kier molecular flexibility index (Phi) is 6.30. The molecule has 0 bridgehead atoms. The first-order chi connectivity index (χ1) is 11.5. The van der Waals surface area contributed by atoms with Gasteiger partial charge in [-0.1, -0.05) is 26.0 Å². The molecule has 0 saturated carbocycles. The smallest absolute Gasteiger partial charge is 0.248 e. The van der Waals surface area contributed by atoms with Crippen molar-refractivity contribution in [1.82, 2.24) is 4.31 Å². The van der Waals surface area contributed by atoms with Gasteiger partial charge in [0.05, 0.1) is 4.90 Å². The molecule has 2 aromatic rings. The first-order valence-electron chi connectivity index (χ1n) is 7.60. The highest BCUT2D eigenvalue weighted by molar-refractivity contribution is 7.89. The van der Waals surface area contributed by atoms with Crippen LogP contribution >= 0.6 is 11.3 Å². The van der Waals surface area contributed by atoms with Gasteiger partial charge in [-0.05, 0) is 35.7 Å². The van der Waals surface area contributed by atoms with E-state index in [0.717, 1.165) is 4.88 Å². The quantitative estimate of drug-likeness (QED) is 0.766. The largest absolute Gasteiger partial charge is 0.322 e. The number of hydrogen-bond donors (Lipinski definition) is 1. The van der Waals surface area contributed by atoms with Crippen LogP contribution in [0.2, 0.25) is 0 Å². The van der Waals surface area contributed by atoms with E-state index in [0.29, 0.717) is 18.8 Å². The summed E-state index contributed by atoms with van der Waals surface area (Å²) < 4.78 is 26.4. The van der Waals surface area contributed by atoms with E-state index in [1.807, 2.05) is 17.5 Å². The van der Waals surface area contributed by atoms with Crippen LogP contribution in [0.25, 0.3) is 6.08 Å². The molecule has 0 aliphatic rings. The van der Waals surface area contributed by atoms with Crippen molar-refractivity contribution < 1.29 is 13.2 Å². The second-order valence-electron chi connectivity index (χ2n) is 4.96. The van der Waals surface area contributed by atoms with Crippen molar-refractivity contribution in [3.63, 3.8) is 0 Å². The summed E-state index contributed by atoms with van der Waals surface area (Å²) in [6.07, 6.45) is 3.15. The third-order valence-corrected chi connectivity index (χ3v) is 6.27. The van der Waals surface area contributed by atoms with Gasteiger partial charge in [0, 0.05) is 29.7 Å². The van der Waals surface area contributed by atoms with Crippen LogP contribution in [0.5, 0.6) is 0 Å². The zero-order valence-electron chi connectivity index (χ0n) is 13.6. The van der Waals surface area contributed by atoms with Crippen molar-refractivity contribution in [3.05, 3.63) is 52.7 Å². The predicted molar refractivity (Wildman–Crippen MR) is 98.5 cm³/mol. The van der Waals surface area contributed by atoms with E-state index in [1.165, 1.54) is 33.9 Å². The number of nitrogens with one attached hydrogen (secondary N) is 1. The number of sulfonamides is 1. The number of carbonyl (C=O) groups is 1. The lowest BCUT2D eigenvalue weighted by atomic mass is 10.3. The molecule has 0 aliphatic heterocycles. The summed E-state index contributed by atoms with van der Waals surface area (Å²) in [4.78, 5) is 13.1. The Morgan fingerprint density at radius 2 is 1.96 bits per heavy atom. The number of rotatable bonds is 7. The highest BCUT2D eigenvalue weighted by Crippen LogP contribution is 2.19. The Labute approximate surface area is 146 Å². The molecule has 7 heteroatoms. The topological polar surface area (TPSA) is 66.5 Å². The minimum absolute atomic E-state index is 0.172. The molecule has 1 N–H and O–H groups in total. The third-order valence-electron chi connectivity index (χ3n) is 3.39. The molecule has 1 heterocycles. The molecule has 0 atom stereocenters. The van der Waals surface area contributed by atoms with Gasteiger partial charge in [-0.3, -0.25) is 4.79 Å². The van der Waals surface area contributed by atoms with Gasteiger partial charge >= 0.3 is 0 Å². The van der Waals surface area contributed by atoms with Gasteiger partial charge in [-0.15, -0.1) is 11.3 Å². The van der Waals surface area contributed by atoms with Gasteiger partial charge < -0.3 is 5.32 Å². The van der Waals surface area contributed by atoms with E-state index in [1.54, 1.807) is 32.1 Å². The summed E-state index contributed by atoms with van der Waals surface area (Å²) in [5.74, 6) is -0.305. The number of amides is 1. The fourth-order valence-corrected chi connectivity index (χ4v) is 4.30. The predicted octanol–water partition coefficient (Wildman–Crippen LogP) is 3.43. The second-order valence-corrected chi connectivity index (χ2v) is 7.87. The van der Waals surface area contributed by atoms with Crippen molar-refractivity contribution in [1.29, 1.82) is 0 Å². The summed E-state index contributed by atoms with van der Waals surface area (Å²) in [5, 5.41) is 4.62. The molecule has 2 rings (SSSR count). The lowest BCUT2D eigenvalue weighted by Crippen LogP contribution is -2.30. The van der Waals surface area contributed by atoms with Crippen LogP contribution in [-0.4, -0.2) is 31.7 Å². The van der Waals surface area contributed by atoms with E-state index in [2.05, 4.69) is 5.32 Å². The van der Waals surface area contributed by atoms with Gasteiger partial charge in [-0.2, -0.15) is 4.31 Å². The monoisotopic (exact) mass is 364 g/mol. The number of thiophene rings is 1. The first-order valence-corrected chi connectivity index (χ1v) is 9.92. The molecule has 128 valence electrons. The maximum absolute atomic E-state index is 12.5. The van der Waals surface area contributed by atoms with Gasteiger partial charge in [0.1, 0.15) is 0 Å². The van der Waals surface area contributed by atoms with Gasteiger partial charge in [0.2, 0.25) is 15.9 Å². The van der Waals surface area contributed by atoms with E-state index < -0.39 is 10.0 Å². The zero-order valence-corrected chi connectivity index (χ0v) is 15.2. The summed E-state index contributed by atoms with van der Waals surface area (Å²) in [7, 11) is -3.54. The molecule has 0 fully saturated rings. The van der Waals surface area contributed by atoms with Crippen molar-refractivity contribution in [2.45, 2.75) is 18.7 Å². The lowest BCUT2D eigenvalue weighted by molar-refractivity contribution is -0.111. The number of nitrogens with zero attached hydrogens (tertiary/aromatic N) is 1. The summed E-state index contributed by atoms with van der Waals surface area (Å²) in [6, 6.07) is 10.1. The maximum Gasteiger partial charge on any atom is 0.248 e. The maximum atomic E-state index is 12.5. The van der Waals surface area contributed by atoms with Crippen molar-refractivity contribution in [3.8, 4) is 0 Å². The zero-order chi connectivity index (χ0) is 17.6. The molecule has 1 amide bonds. The normalized spacial score (nSPS) is 12.0. The van der Waals surface area contributed by atoms with Crippen LogP contribution < -0.4 is 5.32 Å². The minimum Gasteiger partial charge on any atom is -0.322 e. The van der Waals surface area contributed by atoms with E-state index >= 15 is 0 Å². The molecule has 0 unspecified atom stereocenters. The molecule has 0 radical (unpaired) electrons. The highest BCUT2D eigenvalue weighted by Gasteiger charge is 2.21. The number of carbonyl (C=O) groups excluding carboxylic acids is 1. The molecule has 0 aliphatic carbocycles. The van der Waals surface area contributed by atoms with Crippen LogP contribution in [0.1, 0.15) is 18.7 Å². The second kappa shape index (κ2) is 8.23. The summed E-state index contributed by atoms with van der Waals surface area (Å²) >= 11 is 1.53. The summed E-state index contributed by atoms with van der Waals surface area (Å²) in [5.41, 5.74) is 0.448. The Morgan fingerprint density at radius 3 is 2.58 bits per heavy atom. The van der Waals surface area contributed by atoms with E-state index in [4.69, 9.17) is 0 Å². The molecule has 0 spiro atoms. The Hall–Kier alpha value is -1.96. The average Bonchev–Trinajstić information content (AvgIpc) is 3.07. The summed E-state index contributed by atoms with van der Waals surface area (Å²) in [6.45, 7) is 4.39. The number of hydrogen-bond acceptors (Lipinski definition) is 4. The van der Waals surface area contributed by atoms with Crippen LogP contribution in [0.15, 0.2) is 52.7 Å². The van der Waals surface area contributed by atoms with Crippen LogP contribution in [0.4, 0.5) is 5.69 Å². The molecule has 1 aromatic heterocycles. The van der Waals surface area contributed by atoms with Gasteiger partial charge in [-0.25, -0.2) is 8.42 Å². The third kappa shape index (κ3) is 4.53. The molecule has 0 saturated heterocycles. The van der Waals surface area contributed by atoms with Gasteiger partial charge in [0.25, 0.3) is 0 Å². The van der Waals surface area contributed by atoms with Crippen LogP contribution in [0, 0.1) is 0 Å². The van der Waals surface area contributed by atoms with Crippen LogP contribution in [0.3, 0.4) is 0 Å². The van der Waals surface area contributed by atoms with E-state index in [-0.39, 0.29) is 10.8 Å². The minimum atomic E-state index is -3.54. The number of anilines is 1. The molecule has 1 aromatic carbocycles. The molecular formula is C17H20N2O3S2. The fraction of sp³-hybridized carbons (Fsp3) is 0.235. The first kappa shape index (κ1) is 18.4. The molecule has 24 heavy (non-hydrogen) atoms. The lowest BCUT2D eigenvalue weighted by Gasteiger charge is -2.18. The van der Waals surface area contributed by atoms with Crippen molar-refractivity contribution in [2.75, 3.05) is 18.4 Å². The van der Waals surface area contributed by atoms with Crippen molar-refractivity contribution in [2.24, 2.45) is 0 Å². The van der Waals surface area contributed by atoms with Gasteiger partial charge in [0.15, 0.2) is 0 Å². The fourth-order valence-electron chi connectivity index (χ4n) is 2.17. The number of benzene rings is 1. The Bertz CT molecular complexity index is 808. The average molecular weight is 364 g/mol. The van der Waals surface area contributed by atoms with Crippen molar-refractivity contribution >= 4 is 39.0 Å². The SMILES string of the molecule is CCN(CC)S(=O)(=O)c1cccc(NC(=O)/C=C/c2cccs2)c1. The molecule has 5 nitrogen and oxygen atoms in total.